The Balaban J connectivity index is 1.72. The molecular formula is C20H23F3N6O4S2. The highest BCUT2D eigenvalue weighted by molar-refractivity contribution is 7.90. The van der Waals surface area contributed by atoms with E-state index in [9.17, 15) is 31.8 Å². The number of aryl methyl sites for hydroxylation is 1. The molecule has 1 saturated carbocycles. The minimum absolute atomic E-state index is 0.102. The molecule has 0 saturated heterocycles. The van der Waals surface area contributed by atoms with E-state index >= 15 is 0 Å². The molecule has 3 aromatic heterocycles. The van der Waals surface area contributed by atoms with Crippen LogP contribution in [0, 0.1) is 12.8 Å². The topological polar surface area (TPSA) is 150 Å². The molecule has 0 aliphatic heterocycles. The summed E-state index contributed by atoms with van der Waals surface area (Å²) in [5.74, 6) is -1.22. The summed E-state index contributed by atoms with van der Waals surface area (Å²) in [6, 6.07) is 0.961. The third kappa shape index (κ3) is 5.97. The number of alkyl halides is 3. The van der Waals surface area contributed by atoms with E-state index in [1.54, 1.807) is 25.4 Å². The second kappa shape index (κ2) is 9.44. The Morgan fingerprint density at radius 1 is 1.20 bits per heavy atom. The number of aliphatic hydroxyl groups is 2. The monoisotopic (exact) mass is 532 g/mol. The van der Waals surface area contributed by atoms with Crippen molar-refractivity contribution in [3.63, 3.8) is 0 Å². The van der Waals surface area contributed by atoms with Crippen LogP contribution in [0.15, 0.2) is 18.5 Å². The summed E-state index contributed by atoms with van der Waals surface area (Å²) < 4.78 is 62.5. The molecule has 0 aromatic carbocycles. The highest BCUT2D eigenvalue weighted by Crippen LogP contribution is 2.38. The third-order valence-corrected chi connectivity index (χ3v) is 7.67. The minimum Gasteiger partial charge on any atom is -0.390 e. The van der Waals surface area contributed by atoms with Gasteiger partial charge in [0.1, 0.15) is 38.8 Å². The Kier molecular flexibility index (Phi) is 6.87. The number of nitrogens with one attached hydrogen (secondary N) is 2. The molecule has 0 spiro atoms. The third-order valence-electron chi connectivity index (χ3n) is 5.58. The summed E-state index contributed by atoms with van der Waals surface area (Å²) in [7, 11) is -3.42. The number of anilines is 2. The Labute approximate surface area is 202 Å². The number of thiazole rings is 1. The summed E-state index contributed by atoms with van der Waals surface area (Å²) in [5, 5.41) is 26.6. The Morgan fingerprint density at radius 3 is 2.60 bits per heavy atom. The van der Waals surface area contributed by atoms with E-state index in [1.165, 1.54) is 11.3 Å². The standard InChI is InChI=1S/C20H23F3N6O4S2/c1-9-14(18-28-12-6-24-4-3-13(12)34-18)17(29-19(26-9)25-8-20(21,22)23)27-11-5-10(7-35(2,32)33)15(30)16(11)31/h3-4,6,10-11,15-16,30-31H,5,7-8H2,1-2H3,(H2,25,26,27,29). The number of sulfone groups is 1. The molecular weight excluding hydrogens is 509 g/mol. The first-order chi connectivity index (χ1) is 16.3. The molecule has 15 heteroatoms. The molecule has 0 bridgehead atoms. The van der Waals surface area contributed by atoms with Gasteiger partial charge >= 0.3 is 6.18 Å². The minimum atomic E-state index is -4.49. The highest BCUT2D eigenvalue weighted by Gasteiger charge is 2.43. The Hall–Kier alpha value is -2.62. The van der Waals surface area contributed by atoms with E-state index in [2.05, 4.69) is 30.6 Å². The average Bonchev–Trinajstić information content (AvgIpc) is 3.27. The summed E-state index contributed by atoms with van der Waals surface area (Å²) in [4.78, 5) is 16.9. The maximum Gasteiger partial charge on any atom is 0.405 e. The molecule has 4 rings (SSSR count). The van der Waals surface area contributed by atoms with Gasteiger partial charge < -0.3 is 20.8 Å². The van der Waals surface area contributed by atoms with Crippen molar-refractivity contribution >= 4 is 43.2 Å². The molecule has 1 aliphatic carbocycles. The van der Waals surface area contributed by atoms with Crippen LogP contribution < -0.4 is 10.6 Å². The molecule has 35 heavy (non-hydrogen) atoms. The average molecular weight is 533 g/mol. The van der Waals surface area contributed by atoms with Crippen molar-refractivity contribution < 1.29 is 31.8 Å². The largest absolute Gasteiger partial charge is 0.405 e. The molecule has 3 aromatic rings. The first-order valence-corrected chi connectivity index (χ1v) is 13.4. The molecule has 10 nitrogen and oxygen atoms in total. The van der Waals surface area contributed by atoms with Gasteiger partial charge in [-0.15, -0.1) is 11.3 Å². The predicted octanol–water partition coefficient (Wildman–Crippen LogP) is 2.00. The van der Waals surface area contributed by atoms with E-state index in [4.69, 9.17) is 0 Å². The SMILES string of the molecule is Cc1nc(NCC(F)(F)F)nc(NC2CC(CS(C)(=O)=O)C(O)C2O)c1-c1nc2cnccc2s1. The van der Waals surface area contributed by atoms with Crippen LogP contribution in [0.25, 0.3) is 20.8 Å². The van der Waals surface area contributed by atoms with Crippen molar-refractivity contribution in [2.45, 2.75) is 37.8 Å². The molecule has 0 amide bonds. The molecule has 1 fully saturated rings. The number of aromatic nitrogens is 4. The van der Waals surface area contributed by atoms with Crippen LogP contribution in [-0.2, 0) is 9.84 Å². The second-order valence-corrected chi connectivity index (χ2v) is 11.7. The van der Waals surface area contributed by atoms with Crippen molar-refractivity contribution in [1.29, 1.82) is 0 Å². The van der Waals surface area contributed by atoms with Gasteiger partial charge in [-0.3, -0.25) is 4.98 Å². The van der Waals surface area contributed by atoms with Crippen LogP contribution in [0.2, 0.25) is 0 Å². The van der Waals surface area contributed by atoms with Gasteiger partial charge in [0.05, 0.1) is 40.1 Å². The van der Waals surface area contributed by atoms with Gasteiger partial charge in [0.25, 0.3) is 0 Å². The summed E-state index contributed by atoms with van der Waals surface area (Å²) >= 11 is 1.31. The van der Waals surface area contributed by atoms with Crippen molar-refractivity contribution in [2.24, 2.45) is 5.92 Å². The second-order valence-electron chi connectivity index (χ2n) is 8.51. The summed E-state index contributed by atoms with van der Waals surface area (Å²) in [6.45, 7) is 0.247. The normalized spacial score (nSPS) is 23.1. The first-order valence-electron chi connectivity index (χ1n) is 10.5. The smallest absolute Gasteiger partial charge is 0.390 e. The van der Waals surface area contributed by atoms with Gasteiger partial charge in [-0.25, -0.2) is 18.4 Å². The van der Waals surface area contributed by atoms with Gasteiger partial charge in [-0.1, -0.05) is 0 Å². The number of nitrogens with zero attached hydrogens (tertiary/aromatic N) is 4. The Bertz CT molecular complexity index is 1300. The quantitative estimate of drug-likeness (QED) is 0.356. The lowest BCUT2D eigenvalue weighted by atomic mass is 10.1. The van der Waals surface area contributed by atoms with E-state index < -0.39 is 46.7 Å². The number of fused-ring (bicyclic) bond motifs is 1. The fraction of sp³-hybridized carbons (Fsp3) is 0.500. The zero-order valence-corrected chi connectivity index (χ0v) is 20.2. The van der Waals surface area contributed by atoms with Gasteiger partial charge in [0, 0.05) is 18.4 Å². The lowest BCUT2D eigenvalue weighted by molar-refractivity contribution is -0.115. The van der Waals surface area contributed by atoms with E-state index in [1.807, 2.05) is 0 Å². The van der Waals surface area contributed by atoms with E-state index in [0.717, 1.165) is 11.0 Å². The number of aliphatic hydroxyl groups excluding tert-OH is 2. The zero-order chi connectivity index (χ0) is 25.5. The number of pyridine rings is 1. The van der Waals surface area contributed by atoms with Crippen molar-refractivity contribution in [3.8, 4) is 10.6 Å². The lowest BCUT2D eigenvalue weighted by Crippen LogP contribution is -2.36. The number of hydrogen-bond donors (Lipinski definition) is 4. The summed E-state index contributed by atoms with van der Waals surface area (Å²) in [6.07, 6.45) is -2.79. The molecule has 190 valence electrons. The first kappa shape index (κ1) is 25.5. The van der Waals surface area contributed by atoms with Gasteiger partial charge in [-0.05, 0) is 19.4 Å². The lowest BCUT2D eigenvalue weighted by Gasteiger charge is -2.21. The summed E-state index contributed by atoms with van der Waals surface area (Å²) in [5.41, 5.74) is 1.36. The fourth-order valence-electron chi connectivity index (χ4n) is 4.08. The number of rotatable bonds is 7. The maximum atomic E-state index is 12.7. The Morgan fingerprint density at radius 2 is 1.94 bits per heavy atom. The molecule has 4 atom stereocenters. The van der Waals surface area contributed by atoms with Crippen molar-refractivity contribution in [1.82, 2.24) is 19.9 Å². The van der Waals surface area contributed by atoms with Crippen molar-refractivity contribution in [3.05, 3.63) is 24.2 Å². The fourth-order valence-corrected chi connectivity index (χ4v) is 6.22. The number of hydrogen-bond acceptors (Lipinski definition) is 11. The molecule has 4 unspecified atom stereocenters. The zero-order valence-electron chi connectivity index (χ0n) is 18.6. The van der Waals surface area contributed by atoms with Crippen molar-refractivity contribution in [2.75, 3.05) is 29.2 Å². The van der Waals surface area contributed by atoms with Crippen LogP contribution >= 0.6 is 11.3 Å². The van der Waals surface area contributed by atoms with Gasteiger partial charge in [-0.2, -0.15) is 18.2 Å². The van der Waals surface area contributed by atoms with E-state index in [-0.39, 0.29) is 23.9 Å². The van der Waals surface area contributed by atoms with Crippen LogP contribution in [0.4, 0.5) is 24.9 Å². The highest BCUT2D eigenvalue weighted by atomic mass is 32.2. The van der Waals surface area contributed by atoms with Crippen LogP contribution in [0.1, 0.15) is 12.1 Å². The predicted molar refractivity (Wildman–Crippen MR) is 125 cm³/mol. The van der Waals surface area contributed by atoms with E-state index in [0.29, 0.717) is 21.8 Å². The van der Waals surface area contributed by atoms with Gasteiger partial charge in [0.2, 0.25) is 5.95 Å². The van der Waals surface area contributed by atoms with Crippen LogP contribution in [0.3, 0.4) is 0 Å². The van der Waals surface area contributed by atoms with Gasteiger partial charge in [0.15, 0.2) is 0 Å². The number of halogens is 3. The molecule has 0 radical (unpaired) electrons. The maximum absolute atomic E-state index is 12.7. The molecule has 3 heterocycles. The molecule has 1 aliphatic rings. The van der Waals surface area contributed by atoms with Crippen LogP contribution in [-0.4, -0.2) is 81.5 Å². The molecule has 4 N–H and O–H groups in total. The van der Waals surface area contributed by atoms with Crippen LogP contribution in [0.5, 0.6) is 0 Å².